The van der Waals surface area contributed by atoms with Crippen molar-refractivity contribution in [2.45, 2.75) is 65.5 Å². The summed E-state index contributed by atoms with van der Waals surface area (Å²) in [6.45, 7) is 13.4. The second-order valence-electron chi connectivity index (χ2n) is 7.17. The highest BCUT2D eigenvalue weighted by atomic mass is 127. The monoisotopic (exact) mass is 484 g/mol. The molecule has 1 aliphatic rings. The Morgan fingerprint density at radius 1 is 1.31 bits per heavy atom. The maximum Gasteiger partial charge on any atom is 0.407 e. The molecule has 2 unspecified atom stereocenters. The van der Waals surface area contributed by atoms with Crippen molar-refractivity contribution >= 4 is 36.0 Å². The Morgan fingerprint density at radius 3 is 2.58 bits per heavy atom. The lowest BCUT2D eigenvalue weighted by Crippen LogP contribution is -2.48. The summed E-state index contributed by atoms with van der Waals surface area (Å²) in [5.74, 6) is 1.22. The van der Waals surface area contributed by atoms with Crippen LogP contribution in [-0.2, 0) is 9.47 Å². The molecule has 0 bridgehead atoms. The van der Waals surface area contributed by atoms with Crippen LogP contribution in [0.2, 0.25) is 0 Å². The normalized spacial score (nSPS) is 21.1. The third-order valence-electron chi connectivity index (χ3n) is 4.09. The van der Waals surface area contributed by atoms with Crippen LogP contribution in [0.15, 0.2) is 4.99 Å². The summed E-state index contributed by atoms with van der Waals surface area (Å²) >= 11 is 0. The van der Waals surface area contributed by atoms with Gasteiger partial charge in [-0.2, -0.15) is 0 Å². The lowest BCUT2D eigenvalue weighted by molar-refractivity contribution is 0.0283. The highest BCUT2D eigenvalue weighted by Gasteiger charge is 2.29. The Balaban J connectivity index is 0.00000625. The number of guanidine groups is 1. The Labute approximate surface area is 175 Å². The van der Waals surface area contributed by atoms with Gasteiger partial charge in [0.25, 0.3) is 0 Å². The van der Waals surface area contributed by atoms with E-state index in [-0.39, 0.29) is 41.7 Å². The van der Waals surface area contributed by atoms with Crippen molar-refractivity contribution in [3.05, 3.63) is 0 Å². The molecule has 1 amide bonds. The van der Waals surface area contributed by atoms with Gasteiger partial charge in [-0.1, -0.05) is 13.8 Å². The van der Waals surface area contributed by atoms with Crippen LogP contribution in [0.25, 0.3) is 0 Å². The zero-order chi connectivity index (χ0) is 18.7. The Bertz CT molecular complexity index is 427. The van der Waals surface area contributed by atoms with Crippen molar-refractivity contribution in [1.29, 1.82) is 0 Å². The number of amides is 1. The van der Waals surface area contributed by atoms with Gasteiger partial charge in [0.2, 0.25) is 0 Å². The summed E-state index contributed by atoms with van der Waals surface area (Å²) in [7, 11) is 0. The van der Waals surface area contributed by atoms with Crippen molar-refractivity contribution in [3.8, 4) is 0 Å². The van der Waals surface area contributed by atoms with E-state index in [4.69, 9.17) is 9.47 Å². The standard InChI is InChI=1S/C18H36N4O3.HI/c1-6-19-16(21-13-18(5)9-8-10-25-18)20-12-15(11-14(3)4)22-17(23)24-7-2;/h14-15H,6-13H2,1-5H3,(H,22,23)(H2,19,20,21);1H. The molecule has 8 heteroatoms. The molecular formula is C18H37IN4O3. The minimum Gasteiger partial charge on any atom is -0.450 e. The molecule has 0 aromatic heterocycles. The maximum atomic E-state index is 11.7. The number of hydrogen-bond donors (Lipinski definition) is 3. The molecule has 0 radical (unpaired) electrons. The fourth-order valence-electron chi connectivity index (χ4n) is 2.87. The summed E-state index contributed by atoms with van der Waals surface area (Å²) in [6, 6.07) is -0.0128. The predicted molar refractivity (Wildman–Crippen MR) is 116 cm³/mol. The fraction of sp³-hybridized carbons (Fsp3) is 0.889. The molecule has 0 saturated carbocycles. The van der Waals surface area contributed by atoms with Crippen LogP contribution in [-0.4, -0.2) is 56.5 Å². The third-order valence-corrected chi connectivity index (χ3v) is 4.09. The summed E-state index contributed by atoms with van der Waals surface area (Å²) < 4.78 is 10.8. The van der Waals surface area contributed by atoms with E-state index in [9.17, 15) is 4.79 Å². The molecule has 0 aromatic rings. The van der Waals surface area contributed by atoms with E-state index < -0.39 is 0 Å². The average Bonchev–Trinajstić information content (AvgIpc) is 2.96. The summed E-state index contributed by atoms with van der Waals surface area (Å²) in [5.41, 5.74) is -0.164. The van der Waals surface area contributed by atoms with E-state index in [0.717, 1.165) is 38.4 Å². The summed E-state index contributed by atoms with van der Waals surface area (Å²) in [4.78, 5) is 16.4. The average molecular weight is 484 g/mol. The molecule has 0 spiro atoms. The number of ether oxygens (including phenoxy) is 2. The second kappa shape index (κ2) is 13.4. The molecule has 3 N–H and O–H groups in total. The number of nitrogens with one attached hydrogen (secondary N) is 3. The first-order chi connectivity index (χ1) is 11.9. The van der Waals surface area contributed by atoms with E-state index >= 15 is 0 Å². The van der Waals surface area contributed by atoms with Gasteiger partial charge in [-0.15, -0.1) is 24.0 Å². The number of hydrogen-bond acceptors (Lipinski definition) is 4. The first-order valence-electron chi connectivity index (χ1n) is 9.48. The molecule has 0 aliphatic carbocycles. The van der Waals surface area contributed by atoms with Crippen LogP contribution in [0.5, 0.6) is 0 Å². The number of halogens is 1. The lowest BCUT2D eigenvalue weighted by atomic mass is 10.0. The number of aliphatic imine (C=N–C) groups is 1. The molecule has 154 valence electrons. The second-order valence-corrected chi connectivity index (χ2v) is 7.17. The molecule has 0 aromatic carbocycles. The number of carbonyl (C=O) groups excluding carboxylic acids is 1. The zero-order valence-corrected chi connectivity index (χ0v) is 19.2. The third kappa shape index (κ3) is 10.4. The zero-order valence-electron chi connectivity index (χ0n) is 16.9. The van der Waals surface area contributed by atoms with Gasteiger partial charge < -0.3 is 25.4 Å². The van der Waals surface area contributed by atoms with Crippen molar-refractivity contribution in [2.24, 2.45) is 10.9 Å². The first kappa shape index (κ1) is 25.2. The SMILES string of the molecule is CCNC(=NCC1(C)CCCO1)NCC(CC(C)C)NC(=O)OCC.I. The van der Waals surface area contributed by atoms with Crippen LogP contribution < -0.4 is 16.0 Å². The van der Waals surface area contributed by atoms with Gasteiger partial charge in [-0.05, 0) is 46.0 Å². The molecular weight excluding hydrogens is 447 g/mol. The van der Waals surface area contributed by atoms with Crippen LogP contribution in [0.1, 0.15) is 53.9 Å². The summed E-state index contributed by atoms with van der Waals surface area (Å²) in [5, 5.41) is 9.50. The van der Waals surface area contributed by atoms with Crippen molar-refractivity contribution in [3.63, 3.8) is 0 Å². The molecule has 1 rings (SSSR count). The minimum atomic E-state index is -0.372. The Hall–Kier alpha value is -0.770. The van der Waals surface area contributed by atoms with Gasteiger partial charge in [0.15, 0.2) is 5.96 Å². The first-order valence-corrected chi connectivity index (χ1v) is 9.48. The number of alkyl carbamates (subject to hydrolysis) is 1. The molecule has 1 fully saturated rings. The predicted octanol–water partition coefficient (Wildman–Crippen LogP) is 2.89. The van der Waals surface area contributed by atoms with Gasteiger partial charge in [-0.3, -0.25) is 4.99 Å². The maximum absolute atomic E-state index is 11.7. The number of carbonyl (C=O) groups is 1. The van der Waals surface area contributed by atoms with Crippen LogP contribution >= 0.6 is 24.0 Å². The van der Waals surface area contributed by atoms with Crippen LogP contribution in [0, 0.1) is 5.92 Å². The quantitative estimate of drug-likeness (QED) is 0.266. The molecule has 1 aliphatic heterocycles. The van der Waals surface area contributed by atoms with E-state index in [1.165, 1.54) is 0 Å². The number of nitrogens with zero attached hydrogens (tertiary/aromatic N) is 1. The minimum absolute atomic E-state index is 0. The van der Waals surface area contributed by atoms with Gasteiger partial charge in [0, 0.05) is 25.7 Å². The van der Waals surface area contributed by atoms with E-state index in [1.807, 2.05) is 6.92 Å². The highest BCUT2D eigenvalue weighted by molar-refractivity contribution is 14.0. The van der Waals surface area contributed by atoms with E-state index in [0.29, 0.717) is 25.6 Å². The molecule has 7 nitrogen and oxygen atoms in total. The Morgan fingerprint density at radius 2 is 2.04 bits per heavy atom. The molecule has 1 saturated heterocycles. The van der Waals surface area contributed by atoms with Gasteiger partial charge in [0.1, 0.15) is 0 Å². The van der Waals surface area contributed by atoms with E-state index in [1.54, 1.807) is 6.92 Å². The smallest absolute Gasteiger partial charge is 0.407 e. The Kier molecular flexibility index (Phi) is 13.0. The molecule has 2 atom stereocenters. The van der Waals surface area contributed by atoms with Crippen LogP contribution in [0.4, 0.5) is 4.79 Å². The largest absolute Gasteiger partial charge is 0.450 e. The highest BCUT2D eigenvalue weighted by Crippen LogP contribution is 2.24. The molecule has 1 heterocycles. The van der Waals surface area contributed by atoms with Crippen molar-refractivity contribution in [1.82, 2.24) is 16.0 Å². The van der Waals surface area contributed by atoms with Gasteiger partial charge in [-0.25, -0.2) is 4.79 Å². The van der Waals surface area contributed by atoms with Crippen molar-refractivity contribution < 1.29 is 14.3 Å². The van der Waals surface area contributed by atoms with Crippen molar-refractivity contribution in [2.75, 3.05) is 32.8 Å². The van der Waals surface area contributed by atoms with Gasteiger partial charge >= 0.3 is 6.09 Å². The lowest BCUT2D eigenvalue weighted by Gasteiger charge is -2.24. The van der Waals surface area contributed by atoms with Gasteiger partial charge in [0.05, 0.1) is 18.8 Å². The number of rotatable bonds is 9. The van der Waals surface area contributed by atoms with Crippen LogP contribution in [0.3, 0.4) is 0 Å². The molecule has 26 heavy (non-hydrogen) atoms. The topological polar surface area (TPSA) is 84.0 Å². The fourth-order valence-corrected chi connectivity index (χ4v) is 2.87. The summed E-state index contributed by atoms with van der Waals surface area (Å²) in [6.07, 6.45) is 2.63. The van der Waals surface area contributed by atoms with E-state index in [2.05, 4.69) is 41.7 Å².